The lowest BCUT2D eigenvalue weighted by Gasteiger charge is -2.32. The Morgan fingerprint density at radius 3 is 2.62 bits per heavy atom. The van der Waals surface area contributed by atoms with Crippen LogP contribution >= 0.6 is 12.6 Å². The molecule has 0 spiro atoms. The molecule has 2 heteroatoms. The zero-order valence-corrected chi connectivity index (χ0v) is 11.8. The van der Waals surface area contributed by atoms with Crippen molar-refractivity contribution in [1.29, 1.82) is 0 Å². The maximum absolute atomic E-state index is 6.14. The molecule has 16 heavy (non-hydrogen) atoms. The second-order valence-corrected chi connectivity index (χ2v) is 5.53. The maximum Gasteiger partial charge on any atom is 0.0603 e. The van der Waals surface area contributed by atoms with Gasteiger partial charge in [0.25, 0.3) is 0 Å². The average molecular weight is 244 g/mol. The number of hydrogen-bond acceptors (Lipinski definition) is 2. The minimum atomic E-state index is 0.540. The molecular weight excluding hydrogens is 216 g/mol. The number of rotatable bonds is 7. The molecule has 1 rings (SSSR count). The van der Waals surface area contributed by atoms with Crippen molar-refractivity contribution in [3.63, 3.8) is 0 Å². The normalized spacial score (nSPS) is 27.9. The lowest BCUT2D eigenvalue weighted by Crippen LogP contribution is -2.29. The van der Waals surface area contributed by atoms with Crippen molar-refractivity contribution in [2.75, 3.05) is 12.4 Å². The zero-order chi connectivity index (χ0) is 11.8. The zero-order valence-electron chi connectivity index (χ0n) is 11.0. The molecule has 0 aromatic rings. The van der Waals surface area contributed by atoms with Crippen LogP contribution in [-0.4, -0.2) is 18.5 Å². The van der Waals surface area contributed by atoms with E-state index >= 15 is 0 Å². The fourth-order valence-electron chi connectivity index (χ4n) is 2.76. The van der Waals surface area contributed by atoms with Crippen LogP contribution in [-0.2, 0) is 4.74 Å². The Bertz CT molecular complexity index is 172. The van der Waals surface area contributed by atoms with Gasteiger partial charge in [0.1, 0.15) is 0 Å². The summed E-state index contributed by atoms with van der Waals surface area (Å²) in [4.78, 5) is 0. The Kier molecular flexibility index (Phi) is 7.55. The second-order valence-electron chi connectivity index (χ2n) is 5.16. The third-order valence-electron chi connectivity index (χ3n) is 3.86. The van der Waals surface area contributed by atoms with E-state index in [0.717, 1.165) is 18.3 Å². The molecule has 0 heterocycles. The first-order chi connectivity index (χ1) is 7.81. The predicted octanol–water partition coefficient (Wildman–Crippen LogP) is 4.32. The molecule has 0 radical (unpaired) electrons. The minimum absolute atomic E-state index is 0.540. The first-order valence-corrected chi connectivity index (χ1v) is 7.67. The molecule has 1 fully saturated rings. The van der Waals surface area contributed by atoms with E-state index in [1.54, 1.807) is 0 Å². The van der Waals surface area contributed by atoms with Crippen molar-refractivity contribution in [1.82, 2.24) is 0 Å². The molecule has 1 aliphatic carbocycles. The summed E-state index contributed by atoms with van der Waals surface area (Å²) in [6.45, 7) is 5.47. The Labute approximate surface area is 107 Å². The van der Waals surface area contributed by atoms with E-state index in [2.05, 4.69) is 26.5 Å². The van der Waals surface area contributed by atoms with Gasteiger partial charge in [0.05, 0.1) is 12.7 Å². The van der Waals surface area contributed by atoms with Crippen LogP contribution in [0.5, 0.6) is 0 Å². The molecule has 0 aliphatic heterocycles. The average Bonchev–Trinajstić information content (AvgIpc) is 2.34. The van der Waals surface area contributed by atoms with Gasteiger partial charge in [-0.3, -0.25) is 0 Å². The lowest BCUT2D eigenvalue weighted by atomic mass is 9.84. The summed E-state index contributed by atoms with van der Waals surface area (Å²) in [5, 5.41) is 0. The van der Waals surface area contributed by atoms with Crippen molar-refractivity contribution in [2.24, 2.45) is 11.8 Å². The quantitative estimate of drug-likeness (QED) is 0.656. The third-order valence-corrected chi connectivity index (χ3v) is 4.38. The van der Waals surface area contributed by atoms with E-state index in [1.807, 2.05) is 0 Å². The summed E-state index contributed by atoms with van der Waals surface area (Å²) in [5.74, 6) is 2.45. The maximum atomic E-state index is 6.14. The van der Waals surface area contributed by atoms with Crippen LogP contribution in [0.3, 0.4) is 0 Å². The standard InChI is InChI=1S/C14H28OS/c1-3-7-12(11-16)10-15-14-9-6-5-8-13(14)4-2/h12-14,16H,3-11H2,1-2H3. The summed E-state index contributed by atoms with van der Waals surface area (Å²) in [6, 6.07) is 0. The van der Waals surface area contributed by atoms with Crippen molar-refractivity contribution >= 4 is 12.6 Å². The van der Waals surface area contributed by atoms with E-state index < -0.39 is 0 Å². The molecule has 96 valence electrons. The highest BCUT2D eigenvalue weighted by Crippen LogP contribution is 2.29. The SMILES string of the molecule is CCCC(CS)COC1CCCCC1CC. The second kappa shape index (κ2) is 8.41. The predicted molar refractivity (Wildman–Crippen MR) is 74.2 cm³/mol. The van der Waals surface area contributed by atoms with Gasteiger partial charge in [0.15, 0.2) is 0 Å². The van der Waals surface area contributed by atoms with Gasteiger partial charge >= 0.3 is 0 Å². The summed E-state index contributed by atoms with van der Waals surface area (Å²) in [6.07, 6.45) is 9.75. The van der Waals surface area contributed by atoms with Gasteiger partial charge in [-0.1, -0.05) is 39.5 Å². The van der Waals surface area contributed by atoms with Crippen molar-refractivity contribution in [2.45, 2.75) is 64.9 Å². The fourth-order valence-corrected chi connectivity index (χ4v) is 3.04. The van der Waals surface area contributed by atoms with Gasteiger partial charge in [0, 0.05) is 0 Å². The number of hydrogen-bond donors (Lipinski definition) is 1. The van der Waals surface area contributed by atoms with Gasteiger partial charge in [-0.25, -0.2) is 0 Å². The van der Waals surface area contributed by atoms with Crippen LogP contribution in [0.1, 0.15) is 58.8 Å². The summed E-state index contributed by atoms with van der Waals surface area (Å²) >= 11 is 4.41. The van der Waals surface area contributed by atoms with E-state index in [1.165, 1.54) is 44.9 Å². The van der Waals surface area contributed by atoms with Crippen molar-refractivity contribution in [3.05, 3.63) is 0 Å². The number of thiol groups is 1. The van der Waals surface area contributed by atoms with E-state index in [0.29, 0.717) is 12.0 Å². The van der Waals surface area contributed by atoms with Crippen molar-refractivity contribution < 1.29 is 4.74 Å². The van der Waals surface area contributed by atoms with Crippen LogP contribution < -0.4 is 0 Å². The fraction of sp³-hybridized carbons (Fsp3) is 1.00. The topological polar surface area (TPSA) is 9.23 Å². The minimum Gasteiger partial charge on any atom is -0.378 e. The Morgan fingerprint density at radius 2 is 2.00 bits per heavy atom. The lowest BCUT2D eigenvalue weighted by molar-refractivity contribution is -0.0260. The smallest absolute Gasteiger partial charge is 0.0603 e. The molecule has 0 aromatic heterocycles. The number of ether oxygens (including phenoxy) is 1. The van der Waals surface area contributed by atoms with E-state index in [-0.39, 0.29) is 0 Å². The highest BCUT2D eigenvalue weighted by Gasteiger charge is 2.24. The molecule has 1 aliphatic rings. The Balaban J connectivity index is 2.28. The van der Waals surface area contributed by atoms with Crippen LogP contribution in [0.2, 0.25) is 0 Å². The van der Waals surface area contributed by atoms with Gasteiger partial charge in [-0.2, -0.15) is 12.6 Å². The van der Waals surface area contributed by atoms with Crippen LogP contribution in [0.15, 0.2) is 0 Å². The first kappa shape index (κ1) is 14.4. The molecule has 1 saturated carbocycles. The molecule has 0 aromatic carbocycles. The van der Waals surface area contributed by atoms with E-state index in [9.17, 15) is 0 Å². The molecule has 0 amide bonds. The molecule has 0 saturated heterocycles. The molecule has 1 nitrogen and oxygen atoms in total. The van der Waals surface area contributed by atoms with Gasteiger partial charge < -0.3 is 4.74 Å². The van der Waals surface area contributed by atoms with Crippen LogP contribution in [0.4, 0.5) is 0 Å². The van der Waals surface area contributed by atoms with Crippen LogP contribution in [0.25, 0.3) is 0 Å². The van der Waals surface area contributed by atoms with Gasteiger partial charge in [0.2, 0.25) is 0 Å². The highest BCUT2D eigenvalue weighted by atomic mass is 32.1. The highest BCUT2D eigenvalue weighted by molar-refractivity contribution is 7.80. The monoisotopic (exact) mass is 244 g/mol. The summed E-state index contributed by atoms with van der Waals surface area (Å²) in [7, 11) is 0. The summed E-state index contributed by atoms with van der Waals surface area (Å²) in [5.41, 5.74) is 0. The molecular formula is C14H28OS. The summed E-state index contributed by atoms with van der Waals surface area (Å²) < 4.78 is 6.14. The Hall–Kier alpha value is 0.310. The molecule has 0 bridgehead atoms. The largest absolute Gasteiger partial charge is 0.378 e. The van der Waals surface area contributed by atoms with Gasteiger partial charge in [-0.15, -0.1) is 0 Å². The molecule has 3 atom stereocenters. The van der Waals surface area contributed by atoms with Gasteiger partial charge in [-0.05, 0) is 36.9 Å². The van der Waals surface area contributed by atoms with E-state index in [4.69, 9.17) is 4.74 Å². The Morgan fingerprint density at radius 1 is 1.25 bits per heavy atom. The molecule has 0 N–H and O–H groups in total. The van der Waals surface area contributed by atoms with Crippen LogP contribution in [0, 0.1) is 11.8 Å². The first-order valence-electron chi connectivity index (χ1n) is 7.04. The van der Waals surface area contributed by atoms with Crippen molar-refractivity contribution in [3.8, 4) is 0 Å². The molecule has 3 unspecified atom stereocenters. The third kappa shape index (κ3) is 4.67.